The largest absolute Gasteiger partial charge is 0.388 e. The van der Waals surface area contributed by atoms with Crippen LogP contribution in [0.25, 0.3) is 0 Å². The van der Waals surface area contributed by atoms with E-state index in [4.69, 9.17) is 0 Å². The molecule has 0 heterocycles. The van der Waals surface area contributed by atoms with E-state index in [-0.39, 0.29) is 5.92 Å². The van der Waals surface area contributed by atoms with Crippen LogP contribution in [0, 0.1) is 5.92 Å². The number of benzene rings is 2. The van der Waals surface area contributed by atoms with Crippen molar-refractivity contribution in [3.8, 4) is 0 Å². The fourth-order valence-electron chi connectivity index (χ4n) is 2.28. The second kappa shape index (κ2) is 6.91. The van der Waals surface area contributed by atoms with E-state index in [0.29, 0.717) is 0 Å². The van der Waals surface area contributed by atoms with Gasteiger partial charge >= 0.3 is 0 Å². The quantitative estimate of drug-likeness (QED) is 0.765. The third-order valence-electron chi connectivity index (χ3n) is 3.46. The minimum absolute atomic E-state index is 0.0857. The maximum atomic E-state index is 10.4. The van der Waals surface area contributed by atoms with Crippen molar-refractivity contribution in [1.82, 2.24) is 0 Å². The zero-order valence-electron chi connectivity index (χ0n) is 11.1. The molecule has 0 amide bonds. The molecule has 1 heteroatoms. The molecule has 1 N–H and O–H groups in total. The molecule has 19 heavy (non-hydrogen) atoms. The normalized spacial score (nSPS) is 13.7. The van der Waals surface area contributed by atoms with E-state index in [1.165, 1.54) is 5.56 Å². The first-order valence-corrected chi connectivity index (χ1v) is 6.70. The Hall–Kier alpha value is -1.86. The first-order chi connectivity index (χ1) is 9.31. The van der Waals surface area contributed by atoms with Crippen LogP contribution in [0.5, 0.6) is 0 Å². The summed E-state index contributed by atoms with van der Waals surface area (Å²) in [6, 6.07) is 20.2. The Kier molecular flexibility index (Phi) is 4.93. The molecule has 0 spiro atoms. The maximum Gasteiger partial charge on any atom is 0.0852 e. The van der Waals surface area contributed by atoms with E-state index in [1.807, 2.05) is 54.6 Å². The summed E-state index contributed by atoms with van der Waals surface area (Å²) in [5, 5.41) is 10.4. The lowest BCUT2D eigenvalue weighted by Gasteiger charge is -2.20. The summed E-state index contributed by atoms with van der Waals surface area (Å²) in [6.45, 7) is 3.86. The van der Waals surface area contributed by atoms with Crippen LogP contribution in [-0.2, 0) is 6.42 Å². The molecule has 0 saturated carbocycles. The number of hydrogen-bond acceptors (Lipinski definition) is 1. The average Bonchev–Trinajstić information content (AvgIpc) is 2.49. The fraction of sp³-hybridized carbons (Fsp3) is 0.222. The average molecular weight is 252 g/mol. The lowest BCUT2D eigenvalue weighted by Crippen LogP contribution is -2.11. The van der Waals surface area contributed by atoms with Crippen LogP contribution in [0.1, 0.15) is 23.7 Å². The number of aliphatic hydroxyl groups is 1. The van der Waals surface area contributed by atoms with Gasteiger partial charge in [-0.3, -0.25) is 0 Å². The van der Waals surface area contributed by atoms with Crippen LogP contribution in [-0.4, -0.2) is 5.11 Å². The maximum absolute atomic E-state index is 10.4. The Labute approximate surface area is 115 Å². The van der Waals surface area contributed by atoms with E-state index < -0.39 is 6.10 Å². The molecule has 1 nitrogen and oxygen atoms in total. The van der Waals surface area contributed by atoms with E-state index in [2.05, 4.69) is 18.7 Å². The summed E-state index contributed by atoms with van der Waals surface area (Å²) >= 11 is 0. The number of hydrogen-bond donors (Lipinski definition) is 1. The standard InChI is InChI=1S/C18H20O/c1-2-16(14-13-15-9-5-3-6-10-15)18(19)17-11-7-4-8-12-17/h2-12,16,18-19H,1,13-14H2/t16-,18-/m1/s1. The van der Waals surface area contributed by atoms with Gasteiger partial charge in [0.2, 0.25) is 0 Å². The van der Waals surface area contributed by atoms with Crippen molar-refractivity contribution < 1.29 is 5.11 Å². The van der Waals surface area contributed by atoms with Crippen LogP contribution >= 0.6 is 0 Å². The van der Waals surface area contributed by atoms with Gasteiger partial charge in [0.05, 0.1) is 6.10 Å². The van der Waals surface area contributed by atoms with Crippen molar-refractivity contribution in [2.75, 3.05) is 0 Å². The Morgan fingerprint density at radius 1 is 0.947 bits per heavy atom. The van der Waals surface area contributed by atoms with Gasteiger partial charge in [-0.2, -0.15) is 0 Å². The second-order valence-electron chi connectivity index (χ2n) is 4.78. The predicted molar refractivity (Wildman–Crippen MR) is 79.9 cm³/mol. The van der Waals surface area contributed by atoms with Crippen LogP contribution in [0.15, 0.2) is 73.3 Å². The summed E-state index contributed by atoms with van der Waals surface area (Å²) in [5.74, 6) is 0.0857. The van der Waals surface area contributed by atoms with Crippen LogP contribution in [0.3, 0.4) is 0 Å². The van der Waals surface area contributed by atoms with Crippen LogP contribution in [0.2, 0.25) is 0 Å². The lowest BCUT2D eigenvalue weighted by molar-refractivity contribution is 0.127. The van der Waals surface area contributed by atoms with Crippen molar-refractivity contribution in [3.05, 3.63) is 84.4 Å². The van der Waals surface area contributed by atoms with E-state index in [0.717, 1.165) is 18.4 Å². The summed E-state index contributed by atoms with van der Waals surface area (Å²) in [5.41, 5.74) is 2.26. The van der Waals surface area contributed by atoms with E-state index in [9.17, 15) is 5.11 Å². The molecule has 2 rings (SSSR count). The molecule has 2 aromatic carbocycles. The Morgan fingerprint density at radius 2 is 1.53 bits per heavy atom. The van der Waals surface area contributed by atoms with Gasteiger partial charge in [-0.15, -0.1) is 6.58 Å². The number of rotatable bonds is 6. The minimum Gasteiger partial charge on any atom is -0.388 e. The van der Waals surface area contributed by atoms with Gasteiger partial charge in [-0.1, -0.05) is 66.7 Å². The fourth-order valence-corrected chi connectivity index (χ4v) is 2.28. The molecule has 2 atom stereocenters. The molecular formula is C18H20O. The molecule has 0 fully saturated rings. The smallest absolute Gasteiger partial charge is 0.0852 e. The van der Waals surface area contributed by atoms with E-state index >= 15 is 0 Å². The zero-order chi connectivity index (χ0) is 13.5. The Morgan fingerprint density at radius 3 is 2.11 bits per heavy atom. The molecule has 0 unspecified atom stereocenters. The first kappa shape index (κ1) is 13.6. The Balaban J connectivity index is 1.99. The lowest BCUT2D eigenvalue weighted by atomic mass is 9.90. The molecule has 98 valence electrons. The van der Waals surface area contributed by atoms with Gasteiger partial charge in [0.15, 0.2) is 0 Å². The second-order valence-corrected chi connectivity index (χ2v) is 4.78. The minimum atomic E-state index is -0.470. The highest BCUT2D eigenvalue weighted by Crippen LogP contribution is 2.26. The van der Waals surface area contributed by atoms with Gasteiger partial charge in [-0.25, -0.2) is 0 Å². The molecular weight excluding hydrogens is 232 g/mol. The molecule has 0 aliphatic rings. The van der Waals surface area contributed by atoms with Gasteiger partial charge in [-0.05, 0) is 24.0 Å². The topological polar surface area (TPSA) is 20.2 Å². The highest BCUT2D eigenvalue weighted by molar-refractivity contribution is 5.20. The summed E-state index contributed by atoms with van der Waals surface area (Å²) < 4.78 is 0. The van der Waals surface area contributed by atoms with Crippen molar-refractivity contribution >= 4 is 0 Å². The van der Waals surface area contributed by atoms with Crippen LogP contribution in [0.4, 0.5) is 0 Å². The molecule has 0 radical (unpaired) electrons. The van der Waals surface area contributed by atoms with Gasteiger partial charge in [0, 0.05) is 5.92 Å². The van der Waals surface area contributed by atoms with Crippen molar-refractivity contribution in [3.63, 3.8) is 0 Å². The first-order valence-electron chi connectivity index (χ1n) is 6.70. The van der Waals surface area contributed by atoms with Crippen molar-refractivity contribution in [2.45, 2.75) is 18.9 Å². The summed E-state index contributed by atoms with van der Waals surface area (Å²) in [4.78, 5) is 0. The molecule has 2 aromatic rings. The highest BCUT2D eigenvalue weighted by atomic mass is 16.3. The Bertz CT molecular complexity index is 490. The van der Waals surface area contributed by atoms with Gasteiger partial charge in [0.25, 0.3) is 0 Å². The molecule has 0 bridgehead atoms. The van der Waals surface area contributed by atoms with E-state index in [1.54, 1.807) is 0 Å². The predicted octanol–water partition coefficient (Wildman–Crippen LogP) is 4.16. The highest BCUT2D eigenvalue weighted by Gasteiger charge is 2.17. The molecule has 0 aliphatic heterocycles. The van der Waals surface area contributed by atoms with Crippen LogP contribution < -0.4 is 0 Å². The summed E-state index contributed by atoms with van der Waals surface area (Å²) in [7, 11) is 0. The molecule has 0 saturated heterocycles. The van der Waals surface area contributed by atoms with Gasteiger partial charge in [0.1, 0.15) is 0 Å². The third-order valence-corrected chi connectivity index (χ3v) is 3.46. The molecule has 0 aromatic heterocycles. The third kappa shape index (κ3) is 3.80. The number of aryl methyl sites for hydroxylation is 1. The SMILES string of the molecule is C=C[C@H](CCc1ccccc1)[C@@H](O)c1ccccc1. The van der Waals surface area contributed by atoms with Gasteiger partial charge < -0.3 is 5.11 Å². The summed E-state index contributed by atoms with van der Waals surface area (Å²) in [6.07, 6.45) is 3.26. The van der Waals surface area contributed by atoms with Crippen molar-refractivity contribution in [2.24, 2.45) is 5.92 Å². The number of aliphatic hydroxyl groups excluding tert-OH is 1. The monoisotopic (exact) mass is 252 g/mol. The van der Waals surface area contributed by atoms with Crippen molar-refractivity contribution in [1.29, 1.82) is 0 Å². The zero-order valence-corrected chi connectivity index (χ0v) is 11.1. The molecule has 0 aliphatic carbocycles.